The molecule has 0 aliphatic carbocycles. The van der Waals surface area contributed by atoms with Crippen molar-refractivity contribution >= 4 is 28.9 Å². The van der Waals surface area contributed by atoms with Crippen molar-refractivity contribution in [2.24, 2.45) is 0 Å². The molecule has 0 amide bonds. The van der Waals surface area contributed by atoms with Crippen LogP contribution in [0.3, 0.4) is 0 Å². The summed E-state index contributed by atoms with van der Waals surface area (Å²) in [5.74, 6) is 0. The van der Waals surface area contributed by atoms with Crippen LogP contribution in [0.2, 0.25) is 10.2 Å². The number of anilines is 1. The van der Waals surface area contributed by atoms with Crippen molar-refractivity contribution in [3.8, 4) is 0 Å². The minimum Gasteiger partial charge on any atom is -0.394 e. The molecule has 1 heterocycles. The molecule has 1 rings (SSSR count). The molecule has 0 aromatic carbocycles. The number of rotatable bonds is 3. The molecule has 4 nitrogen and oxygen atoms in total. The number of halogens is 2. The fourth-order valence-electron chi connectivity index (χ4n) is 0.840. The molecule has 78 valence electrons. The van der Waals surface area contributed by atoms with Crippen molar-refractivity contribution in [2.75, 3.05) is 11.9 Å². The highest BCUT2D eigenvalue weighted by atomic mass is 35.5. The van der Waals surface area contributed by atoms with Crippen LogP contribution in [0.15, 0.2) is 6.20 Å². The third-order valence-corrected chi connectivity index (χ3v) is 2.36. The molecule has 0 atom stereocenters. The topological polar surface area (TPSA) is 58.0 Å². The van der Waals surface area contributed by atoms with Crippen LogP contribution >= 0.6 is 23.2 Å². The summed E-state index contributed by atoms with van der Waals surface area (Å²) < 4.78 is 0. The standard InChI is InChI=1S/C8H11Cl2N3O/c1-8(2,4-14)12-5-3-11-13-7(10)6(5)9/h3,14H,4H2,1-2H3,(H,12,13). The molecule has 1 aromatic rings. The Kier molecular flexibility index (Phi) is 3.53. The predicted octanol–water partition coefficient (Wildman–Crippen LogP) is 1.97. The van der Waals surface area contributed by atoms with E-state index in [9.17, 15) is 0 Å². The maximum absolute atomic E-state index is 9.04. The van der Waals surface area contributed by atoms with Crippen molar-refractivity contribution < 1.29 is 5.11 Å². The van der Waals surface area contributed by atoms with Gasteiger partial charge in [0.1, 0.15) is 5.02 Å². The lowest BCUT2D eigenvalue weighted by molar-refractivity contribution is 0.234. The Labute approximate surface area is 92.2 Å². The Morgan fingerprint density at radius 2 is 2.14 bits per heavy atom. The molecular weight excluding hydrogens is 225 g/mol. The number of nitrogens with zero attached hydrogens (tertiary/aromatic N) is 2. The monoisotopic (exact) mass is 235 g/mol. The zero-order valence-electron chi connectivity index (χ0n) is 7.88. The lowest BCUT2D eigenvalue weighted by atomic mass is 10.1. The molecule has 0 saturated carbocycles. The molecule has 0 unspecified atom stereocenters. The number of hydrogen-bond acceptors (Lipinski definition) is 4. The number of nitrogens with one attached hydrogen (secondary N) is 1. The highest BCUT2D eigenvalue weighted by Gasteiger charge is 2.18. The van der Waals surface area contributed by atoms with Gasteiger partial charge in [-0.25, -0.2) is 0 Å². The Balaban J connectivity index is 2.92. The zero-order valence-corrected chi connectivity index (χ0v) is 9.39. The molecule has 2 N–H and O–H groups in total. The van der Waals surface area contributed by atoms with Gasteiger partial charge in [0.25, 0.3) is 0 Å². The van der Waals surface area contributed by atoms with E-state index in [4.69, 9.17) is 28.3 Å². The van der Waals surface area contributed by atoms with Gasteiger partial charge in [0.15, 0.2) is 5.15 Å². The zero-order chi connectivity index (χ0) is 10.8. The van der Waals surface area contributed by atoms with Crippen LogP contribution in [0, 0.1) is 0 Å². The van der Waals surface area contributed by atoms with E-state index in [0.717, 1.165) is 0 Å². The van der Waals surface area contributed by atoms with Crippen LogP contribution in [0.4, 0.5) is 5.69 Å². The molecule has 1 aromatic heterocycles. The smallest absolute Gasteiger partial charge is 0.172 e. The minimum atomic E-state index is -0.476. The Hall–Kier alpha value is -0.580. The van der Waals surface area contributed by atoms with Gasteiger partial charge in [0.2, 0.25) is 0 Å². The average molecular weight is 236 g/mol. The summed E-state index contributed by atoms with van der Waals surface area (Å²) in [4.78, 5) is 0. The average Bonchev–Trinajstić information content (AvgIpc) is 2.13. The van der Waals surface area contributed by atoms with Crippen LogP contribution in [-0.4, -0.2) is 27.4 Å². The Morgan fingerprint density at radius 3 is 2.71 bits per heavy atom. The van der Waals surface area contributed by atoms with Crippen LogP contribution in [0.1, 0.15) is 13.8 Å². The van der Waals surface area contributed by atoms with Gasteiger partial charge >= 0.3 is 0 Å². The number of hydrogen-bond donors (Lipinski definition) is 2. The van der Waals surface area contributed by atoms with E-state index in [2.05, 4.69) is 15.5 Å². The highest BCUT2D eigenvalue weighted by molar-refractivity contribution is 6.42. The van der Waals surface area contributed by atoms with Crippen LogP contribution in [0.25, 0.3) is 0 Å². The second kappa shape index (κ2) is 4.29. The van der Waals surface area contributed by atoms with Crippen molar-refractivity contribution in [1.29, 1.82) is 0 Å². The van der Waals surface area contributed by atoms with Crippen molar-refractivity contribution in [3.63, 3.8) is 0 Å². The van der Waals surface area contributed by atoms with Gasteiger partial charge < -0.3 is 10.4 Å². The quantitative estimate of drug-likeness (QED) is 0.842. The normalized spacial score (nSPS) is 11.5. The van der Waals surface area contributed by atoms with Gasteiger partial charge in [0.05, 0.1) is 24.0 Å². The van der Waals surface area contributed by atoms with Gasteiger partial charge in [-0.15, -0.1) is 5.10 Å². The fraction of sp³-hybridized carbons (Fsp3) is 0.500. The first-order chi connectivity index (χ1) is 6.46. The molecule has 0 fully saturated rings. The summed E-state index contributed by atoms with van der Waals surface area (Å²) in [6.07, 6.45) is 1.46. The molecule has 0 aliphatic heterocycles. The summed E-state index contributed by atoms with van der Waals surface area (Å²) >= 11 is 11.6. The number of aliphatic hydroxyl groups excluding tert-OH is 1. The van der Waals surface area contributed by atoms with E-state index in [0.29, 0.717) is 10.7 Å². The van der Waals surface area contributed by atoms with Crippen LogP contribution in [0.5, 0.6) is 0 Å². The molecule has 0 aliphatic rings. The van der Waals surface area contributed by atoms with Gasteiger partial charge in [-0.05, 0) is 13.8 Å². The summed E-state index contributed by atoms with van der Waals surface area (Å²) in [6, 6.07) is 0. The lowest BCUT2D eigenvalue weighted by Gasteiger charge is -2.25. The molecule has 0 bridgehead atoms. The lowest BCUT2D eigenvalue weighted by Crippen LogP contribution is -2.35. The molecule has 0 saturated heterocycles. The van der Waals surface area contributed by atoms with E-state index in [1.165, 1.54) is 6.20 Å². The maximum atomic E-state index is 9.04. The number of aromatic nitrogens is 2. The van der Waals surface area contributed by atoms with Crippen molar-refractivity contribution in [2.45, 2.75) is 19.4 Å². The summed E-state index contributed by atoms with van der Waals surface area (Å²) in [7, 11) is 0. The SMILES string of the molecule is CC(C)(CO)Nc1cnnc(Cl)c1Cl. The summed E-state index contributed by atoms with van der Waals surface area (Å²) in [5, 5.41) is 19.7. The second-order valence-corrected chi connectivity index (χ2v) is 4.27. The first-order valence-electron chi connectivity index (χ1n) is 4.02. The largest absolute Gasteiger partial charge is 0.394 e. The Bertz CT molecular complexity index is 330. The predicted molar refractivity (Wildman–Crippen MR) is 56.8 cm³/mol. The third kappa shape index (κ3) is 2.70. The van der Waals surface area contributed by atoms with Gasteiger partial charge in [0, 0.05) is 0 Å². The van der Waals surface area contributed by atoms with E-state index in [1.807, 2.05) is 13.8 Å². The van der Waals surface area contributed by atoms with Crippen LogP contribution in [-0.2, 0) is 0 Å². The van der Waals surface area contributed by atoms with Gasteiger partial charge in [-0.3, -0.25) is 0 Å². The van der Waals surface area contributed by atoms with Crippen molar-refractivity contribution in [1.82, 2.24) is 10.2 Å². The minimum absolute atomic E-state index is 0.0245. The van der Waals surface area contributed by atoms with E-state index in [-0.39, 0.29) is 11.8 Å². The van der Waals surface area contributed by atoms with Crippen molar-refractivity contribution in [3.05, 3.63) is 16.4 Å². The molecule has 6 heteroatoms. The first-order valence-corrected chi connectivity index (χ1v) is 4.77. The van der Waals surface area contributed by atoms with Crippen LogP contribution < -0.4 is 5.32 Å². The van der Waals surface area contributed by atoms with Gasteiger partial charge in [-0.2, -0.15) is 5.10 Å². The number of aliphatic hydroxyl groups is 1. The second-order valence-electron chi connectivity index (χ2n) is 3.53. The summed E-state index contributed by atoms with van der Waals surface area (Å²) in [6.45, 7) is 3.64. The molecule has 0 radical (unpaired) electrons. The molecule has 14 heavy (non-hydrogen) atoms. The maximum Gasteiger partial charge on any atom is 0.172 e. The fourth-order valence-corrected chi connectivity index (χ4v) is 1.12. The van der Waals surface area contributed by atoms with Gasteiger partial charge in [-0.1, -0.05) is 23.2 Å². The summed E-state index contributed by atoms with van der Waals surface area (Å²) in [5.41, 5.74) is 0.0847. The molecule has 0 spiro atoms. The third-order valence-electron chi connectivity index (χ3n) is 1.62. The Morgan fingerprint density at radius 1 is 1.50 bits per heavy atom. The molecular formula is C8H11Cl2N3O. The van der Waals surface area contributed by atoms with E-state index >= 15 is 0 Å². The highest BCUT2D eigenvalue weighted by Crippen LogP contribution is 2.28. The van der Waals surface area contributed by atoms with E-state index in [1.54, 1.807) is 0 Å². The first kappa shape index (κ1) is 11.5. The van der Waals surface area contributed by atoms with E-state index < -0.39 is 5.54 Å².